The van der Waals surface area contributed by atoms with E-state index in [9.17, 15) is 24.2 Å². The Morgan fingerprint density at radius 2 is 1.88 bits per heavy atom. The summed E-state index contributed by atoms with van der Waals surface area (Å²) in [6, 6.07) is 3.50. The van der Waals surface area contributed by atoms with Crippen LogP contribution in [0.2, 0.25) is 5.02 Å². The van der Waals surface area contributed by atoms with Crippen molar-refractivity contribution in [3.8, 4) is 11.8 Å². The number of carboxylic acid groups (broad SMARTS) is 1. The Hall–Kier alpha value is -2.01. The molecule has 1 unspecified atom stereocenters. The van der Waals surface area contributed by atoms with E-state index >= 15 is 0 Å². The molecule has 0 radical (unpaired) electrons. The summed E-state index contributed by atoms with van der Waals surface area (Å²) < 4.78 is 14.6. The fourth-order valence-electron chi connectivity index (χ4n) is 3.90. The maximum Gasteiger partial charge on any atom is 0.344 e. The maximum atomic E-state index is 14.6. The average molecular weight is 480 g/mol. The lowest BCUT2D eigenvalue weighted by Crippen LogP contribution is -2.43. The largest absolute Gasteiger partial charge is 0.477 e. The van der Waals surface area contributed by atoms with E-state index in [1.807, 2.05) is 20.8 Å². The molecule has 172 valence electrons. The second-order valence-electron chi connectivity index (χ2n) is 9.17. The fraction of sp³-hybridized carbons (Fsp3) is 0.500. The van der Waals surface area contributed by atoms with E-state index in [-0.39, 0.29) is 38.6 Å². The predicted molar refractivity (Wildman–Crippen MR) is 124 cm³/mol. The van der Waals surface area contributed by atoms with Crippen molar-refractivity contribution in [2.24, 2.45) is 5.41 Å². The van der Waals surface area contributed by atoms with Crippen LogP contribution in [0.25, 0.3) is 0 Å². The minimum absolute atomic E-state index is 0.0621. The van der Waals surface area contributed by atoms with Crippen molar-refractivity contribution >= 4 is 35.2 Å². The third-order valence-electron chi connectivity index (χ3n) is 5.41. The molecule has 3 rings (SSSR count). The van der Waals surface area contributed by atoms with Gasteiger partial charge in [-0.15, -0.1) is 0 Å². The first-order valence-electron chi connectivity index (χ1n) is 10.6. The van der Waals surface area contributed by atoms with Crippen LogP contribution in [0.3, 0.4) is 0 Å². The Kier molecular flexibility index (Phi) is 7.59. The number of aliphatic carboxylic acids is 1. The number of carbonyl (C=O) groups is 2. The van der Waals surface area contributed by atoms with Crippen LogP contribution in [0.1, 0.15) is 63.2 Å². The van der Waals surface area contributed by atoms with Crippen LogP contribution >= 0.6 is 23.4 Å². The van der Waals surface area contributed by atoms with Gasteiger partial charge in [0.2, 0.25) is 0 Å². The molecule has 2 aliphatic rings. The Bertz CT molecular complexity index is 999. The minimum Gasteiger partial charge on any atom is -0.477 e. The summed E-state index contributed by atoms with van der Waals surface area (Å²) in [7, 11) is 0. The number of aliphatic hydroxyl groups excluding tert-OH is 1. The molecule has 0 saturated heterocycles. The number of benzene rings is 1. The number of amides is 1. The molecular weight excluding hydrogens is 453 g/mol. The molecule has 1 amide bonds. The molecule has 0 aromatic heterocycles. The first-order valence-corrected chi connectivity index (χ1v) is 11.8. The second-order valence-corrected chi connectivity index (χ2v) is 10.8. The number of rotatable bonds is 4. The zero-order valence-electron chi connectivity index (χ0n) is 18.3. The van der Waals surface area contributed by atoms with Crippen LogP contribution in [0, 0.1) is 23.1 Å². The molecule has 2 N–H and O–H groups in total. The number of hydrogen-bond donors (Lipinski definition) is 2. The van der Waals surface area contributed by atoms with Gasteiger partial charge in [0.05, 0.1) is 16.9 Å². The van der Waals surface area contributed by atoms with E-state index in [0.717, 1.165) is 17.8 Å². The number of aliphatic hydroxyl groups is 1. The van der Waals surface area contributed by atoms with Crippen LogP contribution < -0.4 is 0 Å². The number of carboxylic acids is 1. The first-order chi connectivity index (χ1) is 15.0. The molecule has 32 heavy (non-hydrogen) atoms. The Morgan fingerprint density at radius 3 is 2.44 bits per heavy atom. The Balaban J connectivity index is 2.02. The first kappa shape index (κ1) is 24.6. The maximum absolute atomic E-state index is 14.6. The van der Waals surface area contributed by atoms with E-state index in [1.165, 1.54) is 17.0 Å². The van der Waals surface area contributed by atoms with Gasteiger partial charge in [0, 0.05) is 28.6 Å². The van der Waals surface area contributed by atoms with Gasteiger partial charge in [-0.3, -0.25) is 4.79 Å². The molecule has 1 atom stereocenters. The summed E-state index contributed by atoms with van der Waals surface area (Å²) in [5, 5.41) is 19.7. The van der Waals surface area contributed by atoms with Gasteiger partial charge in [-0.2, -0.15) is 0 Å². The van der Waals surface area contributed by atoms with Gasteiger partial charge in [-0.1, -0.05) is 35.2 Å². The molecule has 1 fully saturated rings. The van der Waals surface area contributed by atoms with Crippen molar-refractivity contribution in [2.45, 2.75) is 70.3 Å². The average Bonchev–Trinajstić information content (AvgIpc) is 3.12. The second kappa shape index (κ2) is 9.86. The molecular formula is C24H27ClFNO4S. The molecule has 1 aromatic rings. The van der Waals surface area contributed by atoms with E-state index in [2.05, 4.69) is 11.8 Å². The van der Waals surface area contributed by atoms with Crippen LogP contribution in [0.15, 0.2) is 28.8 Å². The van der Waals surface area contributed by atoms with Crippen LogP contribution in [-0.4, -0.2) is 44.4 Å². The Labute approximate surface area is 197 Å². The van der Waals surface area contributed by atoms with Crippen LogP contribution in [-0.2, 0) is 4.79 Å². The third-order valence-corrected chi connectivity index (χ3v) is 6.86. The van der Waals surface area contributed by atoms with Crippen LogP contribution in [0.5, 0.6) is 0 Å². The van der Waals surface area contributed by atoms with Crippen molar-refractivity contribution in [1.29, 1.82) is 0 Å². The van der Waals surface area contributed by atoms with E-state index in [1.54, 1.807) is 0 Å². The smallest absolute Gasteiger partial charge is 0.344 e. The van der Waals surface area contributed by atoms with Gasteiger partial charge >= 0.3 is 5.97 Å². The Morgan fingerprint density at radius 1 is 1.22 bits per heavy atom. The molecule has 1 heterocycles. The highest BCUT2D eigenvalue weighted by Crippen LogP contribution is 2.42. The lowest BCUT2D eigenvalue weighted by atomic mass is 9.90. The van der Waals surface area contributed by atoms with Crippen molar-refractivity contribution in [2.75, 3.05) is 0 Å². The fourth-order valence-corrected chi connectivity index (χ4v) is 5.12. The summed E-state index contributed by atoms with van der Waals surface area (Å²) in [6.07, 6.45) is 1.81. The number of thioether (sulfide) groups is 1. The monoisotopic (exact) mass is 479 g/mol. The molecule has 0 bridgehead atoms. The highest BCUT2D eigenvalue weighted by Gasteiger charge is 2.39. The van der Waals surface area contributed by atoms with Crippen molar-refractivity contribution in [3.05, 3.63) is 45.2 Å². The zero-order chi connectivity index (χ0) is 23.6. The summed E-state index contributed by atoms with van der Waals surface area (Å²) in [6.45, 7) is 5.91. The summed E-state index contributed by atoms with van der Waals surface area (Å²) in [5.74, 6) is 3.80. The van der Waals surface area contributed by atoms with Crippen molar-refractivity contribution in [1.82, 2.24) is 4.90 Å². The quantitative estimate of drug-likeness (QED) is 0.589. The summed E-state index contributed by atoms with van der Waals surface area (Å²) >= 11 is 6.98. The van der Waals surface area contributed by atoms with Crippen molar-refractivity contribution in [3.63, 3.8) is 0 Å². The van der Waals surface area contributed by atoms with Gasteiger partial charge < -0.3 is 15.1 Å². The summed E-state index contributed by atoms with van der Waals surface area (Å²) in [5.41, 5.74) is -0.0443. The highest BCUT2D eigenvalue weighted by atomic mass is 35.5. The van der Waals surface area contributed by atoms with Gasteiger partial charge in [0.15, 0.2) is 0 Å². The van der Waals surface area contributed by atoms with Gasteiger partial charge in [-0.05, 0) is 64.7 Å². The number of carbonyl (C=O) groups excluding carboxylic acids is 1. The molecule has 0 spiro atoms. The number of allylic oxidation sites excluding steroid dienone is 1. The summed E-state index contributed by atoms with van der Waals surface area (Å²) in [4.78, 5) is 27.1. The lowest BCUT2D eigenvalue weighted by molar-refractivity contribution is -0.131. The van der Waals surface area contributed by atoms with Gasteiger partial charge in [0.1, 0.15) is 10.7 Å². The molecule has 1 saturated carbocycles. The predicted octanol–water partition coefficient (Wildman–Crippen LogP) is 5.08. The highest BCUT2D eigenvalue weighted by molar-refractivity contribution is 8.05. The molecule has 1 aliphatic heterocycles. The topological polar surface area (TPSA) is 77.8 Å². The normalized spacial score (nSPS) is 23.5. The molecule has 1 aliphatic carbocycles. The van der Waals surface area contributed by atoms with E-state index in [0.29, 0.717) is 31.4 Å². The molecule has 5 nitrogen and oxygen atoms in total. The standard InChI is InChI=1S/C24H27ClFNO4S/c1-24(2,3)11-10-17-13-20(21(32-17)23(30)31)27(15-5-7-16(28)8-6-15)22(29)18-9-4-14(25)12-19(18)26/h4,9,12,15-17,28H,5-8,13H2,1-3H3,(H,30,31). The number of hydrogen-bond acceptors (Lipinski definition) is 4. The molecule has 1 aromatic carbocycles. The SMILES string of the molecule is CC(C)(C)C#CC1CC(N(C(=O)c2ccc(Cl)cc2F)C2CCC(O)CC2)=C(C(=O)O)S1. The minimum atomic E-state index is -1.13. The third kappa shape index (κ3) is 5.86. The van der Waals surface area contributed by atoms with E-state index < -0.39 is 23.8 Å². The lowest BCUT2D eigenvalue weighted by Gasteiger charge is -2.37. The number of halogens is 2. The number of nitrogens with zero attached hydrogens (tertiary/aromatic N) is 1. The van der Waals surface area contributed by atoms with E-state index in [4.69, 9.17) is 11.6 Å². The van der Waals surface area contributed by atoms with Gasteiger partial charge in [-0.25, -0.2) is 9.18 Å². The van der Waals surface area contributed by atoms with Crippen molar-refractivity contribution < 1.29 is 24.2 Å². The zero-order valence-corrected chi connectivity index (χ0v) is 19.9. The van der Waals surface area contributed by atoms with Gasteiger partial charge in [0.25, 0.3) is 5.91 Å². The van der Waals surface area contributed by atoms with Crippen LogP contribution in [0.4, 0.5) is 4.39 Å². The molecule has 8 heteroatoms.